The van der Waals surface area contributed by atoms with Gasteiger partial charge in [0.1, 0.15) is 6.61 Å². The zero-order valence-electron chi connectivity index (χ0n) is 5.72. The number of Topliss-reactive ketones (excluding diaryl/α,β-unsaturated/α-hetero) is 1. The van der Waals surface area contributed by atoms with E-state index in [1.54, 1.807) is 0 Å². The van der Waals surface area contributed by atoms with Gasteiger partial charge in [0.05, 0.1) is 0 Å². The summed E-state index contributed by atoms with van der Waals surface area (Å²) in [7, 11) is 0. The van der Waals surface area contributed by atoms with Crippen LogP contribution >= 0.6 is 0 Å². The van der Waals surface area contributed by atoms with Gasteiger partial charge in [0.2, 0.25) is 5.91 Å². The van der Waals surface area contributed by atoms with Crippen molar-refractivity contribution in [1.82, 2.24) is 0 Å². The predicted molar refractivity (Wildman–Crippen MR) is 33.2 cm³/mol. The molecule has 4 heteroatoms. The van der Waals surface area contributed by atoms with E-state index in [1.165, 1.54) is 6.92 Å². The largest absolute Gasteiger partial charge is 0.367 e. The van der Waals surface area contributed by atoms with Gasteiger partial charge in [-0.1, -0.05) is 0 Å². The van der Waals surface area contributed by atoms with Crippen molar-refractivity contribution in [1.29, 1.82) is 0 Å². The van der Waals surface area contributed by atoms with Crippen molar-refractivity contribution in [3.63, 3.8) is 0 Å². The van der Waals surface area contributed by atoms with E-state index in [0.717, 1.165) is 0 Å². The van der Waals surface area contributed by atoms with E-state index in [4.69, 9.17) is 10.5 Å². The summed E-state index contributed by atoms with van der Waals surface area (Å²) >= 11 is 0. The zero-order valence-corrected chi connectivity index (χ0v) is 5.72. The fraction of sp³-hybridized carbons (Fsp3) is 0.667. The molecule has 56 valence electrons. The maximum Gasteiger partial charge on any atom is 0.249 e. The molecule has 1 rings (SSSR count). The molecule has 1 unspecified atom stereocenters. The fourth-order valence-electron chi connectivity index (χ4n) is 0.876. The van der Waals surface area contributed by atoms with Crippen molar-refractivity contribution in [2.24, 2.45) is 5.73 Å². The van der Waals surface area contributed by atoms with Crippen molar-refractivity contribution in [2.45, 2.75) is 18.9 Å². The van der Waals surface area contributed by atoms with Gasteiger partial charge in [0.15, 0.2) is 11.4 Å². The van der Waals surface area contributed by atoms with Crippen molar-refractivity contribution < 1.29 is 14.3 Å². The second-order valence-electron chi connectivity index (χ2n) is 2.60. The standard InChI is InChI=1S/C6H9NO3/c1-6(5(7)9)2-4(8)3-10-6/h2-3H2,1H3,(H2,7,9). The Hall–Kier alpha value is -0.900. The van der Waals surface area contributed by atoms with Gasteiger partial charge in [-0.2, -0.15) is 0 Å². The molecule has 0 aliphatic carbocycles. The Morgan fingerprint density at radius 1 is 1.80 bits per heavy atom. The van der Waals surface area contributed by atoms with Gasteiger partial charge in [-0.05, 0) is 6.92 Å². The Labute approximate surface area is 58.3 Å². The van der Waals surface area contributed by atoms with E-state index in [9.17, 15) is 9.59 Å². The molecule has 0 aromatic rings. The normalized spacial score (nSPS) is 32.7. The first kappa shape index (κ1) is 7.21. The molecule has 0 saturated carbocycles. The number of carbonyl (C=O) groups excluding carboxylic acids is 2. The van der Waals surface area contributed by atoms with Crippen LogP contribution in [0.25, 0.3) is 0 Å². The number of primary amides is 1. The Bertz CT molecular complexity index is 189. The summed E-state index contributed by atoms with van der Waals surface area (Å²) in [5.41, 5.74) is 3.93. The van der Waals surface area contributed by atoms with Crippen LogP contribution in [0.1, 0.15) is 13.3 Å². The maximum atomic E-state index is 10.6. The SMILES string of the molecule is CC1(C(N)=O)CC(=O)CO1. The summed E-state index contributed by atoms with van der Waals surface area (Å²) in [4.78, 5) is 21.2. The first-order chi connectivity index (χ1) is 4.54. The topological polar surface area (TPSA) is 69.4 Å². The third-order valence-corrected chi connectivity index (χ3v) is 1.61. The van der Waals surface area contributed by atoms with Gasteiger partial charge < -0.3 is 10.5 Å². The Morgan fingerprint density at radius 2 is 2.40 bits per heavy atom. The highest BCUT2D eigenvalue weighted by Crippen LogP contribution is 2.21. The molecule has 2 N–H and O–H groups in total. The van der Waals surface area contributed by atoms with Gasteiger partial charge in [-0.15, -0.1) is 0 Å². The van der Waals surface area contributed by atoms with Crippen LogP contribution in [0.15, 0.2) is 0 Å². The summed E-state index contributed by atoms with van der Waals surface area (Å²) in [6.45, 7) is 1.54. The Balaban J connectivity index is 2.72. The Kier molecular flexibility index (Phi) is 1.48. The van der Waals surface area contributed by atoms with Crippen LogP contribution in [0.4, 0.5) is 0 Å². The Morgan fingerprint density at radius 3 is 2.60 bits per heavy atom. The molecule has 1 heterocycles. The molecule has 4 nitrogen and oxygen atoms in total. The van der Waals surface area contributed by atoms with Crippen LogP contribution in [0.5, 0.6) is 0 Å². The minimum Gasteiger partial charge on any atom is -0.367 e. The monoisotopic (exact) mass is 143 g/mol. The molecule has 1 aliphatic heterocycles. The molecule has 0 spiro atoms. The van der Waals surface area contributed by atoms with E-state index in [0.29, 0.717) is 0 Å². The summed E-state index contributed by atoms with van der Waals surface area (Å²) in [5, 5.41) is 0. The van der Waals surface area contributed by atoms with Gasteiger partial charge in [-0.25, -0.2) is 0 Å². The predicted octanol–water partition coefficient (Wildman–Crippen LogP) is -0.780. The number of ketones is 1. The second kappa shape index (κ2) is 2.05. The zero-order chi connectivity index (χ0) is 7.78. The second-order valence-corrected chi connectivity index (χ2v) is 2.60. The lowest BCUT2D eigenvalue weighted by molar-refractivity contribution is -0.135. The first-order valence-corrected chi connectivity index (χ1v) is 3.00. The van der Waals surface area contributed by atoms with E-state index >= 15 is 0 Å². The van der Waals surface area contributed by atoms with Crippen LogP contribution in [-0.4, -0.2) is 23.9 Å². The van der Waals surface area contributed by atoms with E-state index in [2.05, 4.69) is 0 Å². The van der Waals surface area contributed by atoms with Crippen molar-refractivity contribution in [2.75, 3.05) is 6.61 Å². The quantitative estimate of drug-likeness (QED) is 0.523. The summed E-state index contributed by atoms with van der Waals surface area (Å²) in [6, 6.07) is 0. The highest BCUT2D eigenvalue weighted by atomic mass is 16.5. The average molecular weight is 143 g/mol. The third kappa shape index (κ3) is 1.02. The number of nitrogens with two attached hydrogens (primary N) is 1. The molecule has 1 atom stereocenters. The van der Waals surface area contributed by atoms with Gasteiger partial charge >= 0.3 is 0 Å². The van der Waals surface area contributed by atoms with Gasteiger partial charge in [-0.3, -0.25) is 9.59 Å². The van der Waals surface area contributed by atoms with Crippen LogP contribution in [0, 0.1) is 0 Å². The number of hydrogen-bond donors (Lipinski definition) is 1. The highest BCUT2D eigenvalue weighted by Gasteiger charge is 2.40. The molecular weight excluding hydrogens is 134 g/mol. The molecule has 1 aliphatic rings. The smallest absolute Gasteiger partial charge is 0.249 e. The van der Waals surface area contributed by atoms with E-state index in [-0.39, 0.29) is 18.8 Å². The lowest BCUT2D eigenvalue weighted by Crippen LogP contribution is -2.40. The summed E-state index contributed by atoms with van der Waals surface area (Å²) in [5.74, 6) is -0.639. The highest BCUT2D eigenvalue weighted by molar-refractivity contribution is 5.93. The van der Waals surface area contributed by atoms with Crippen molar-refractivity contribution in [3.05, 3.63) is 0 Å². The van der Waals surface area contributed by atoms with Crippen LogP contribution < -0.4 is 5.73 Å². The van der Waals surface area contributed by atoms with Gasteiger partial charge in [0, 0.05) is 6.42 Å². The van der Waals surface area contributed by atoms with E-state index in [1.807, 2.05) is 0 Å². The number of amides is 1. The number of ether oxygens (including phenoxy) is 1. The van der Waals surface area contributed by atoms with Crippen LogP contribution in [-0.2, 0) is 14.3 Å². The first-order valence-electron chi connectivity index (χ1n) is 3.00. The molecular formula is C6H9NO3. The molecule has 0 bridgehead atoms. The van der Waals surface area contributed by atoms with Crippen molar-refractivity contribution >= 4 is 11.7 Å². The molecule has 0 aromatic heterocycles. The van der Waals surface area contributed by atoms with Crippen molar-refractivity contribution in [3.8, 4) is 0 Å². The fourth-order valence-corrected chi connectivity index (χ4v) is 0.876. The minimum atomic E-state index is -1.04. The summed E-state index contributed by atoms with van der Waals surface area (Å²) in [6.07, 6.45) is 0.113. The molecule has 0 aromatic carbocycles. The molecule has 10 heavy (non-hydrogen) atoms. The molecule has 1 saturated heterocycles. The summed E-state index contributed by atoms with van der Waals surface area (Å²) < 4.78 is 4.89. The third-order valence-electron chi connectivity index (χ3n) is 1.61. The van der Waals surface area contributed by atoms with Gasteiger partial charge in [0.25, 0.3) is 0 Å². The maximum absolute atomic E-state index is 10.6. The molecule has 0 radical (unpaired) electrons. The molecule has 1 fully saturated rings. The lowest BCUT2D eigenvalue weighted by Gasteiger charge is -2.16. The van der Waals surface area contributed by atoms with Crippen LogP contribution in [0.2, 0.25) is 0 Å². The minimum absolute atomic E-state index is 0.0133. The number of rotatable bonds is 1. The average Bonchev–Trinajstić information content (AvgIpc) is 2.13. The number of carbonyl (C=O) groups is 2. The van der Waals surface area contributed by atoms with E-state index < -0.39 is 11.5 Å². The molecule has 1 amide bonds. The lowest BCUT2D eigenvalue weighted by atomic mass is 10.0. The van der Waals surface area contributed by atoms with Crippen LogP contribution in [0.3, 0.4) is 0 Å². The number of hydrogen-bond acceptors (Lipinski definition) is 3.